The fraction of sp³-hybridized carbons (Fsp3) is 0.750. The van der Waals surface area contributed by atoms with Gasteiger partial charge < -0.3 is 4.48 Å². The fourth-order valence-corrected chi connectivity index (χ4v) is 3.71. The molecule has 0 aliphatic heterocycles. The van der Waals surface area contributed by atoms with Crippen molar-refractivity contribution in [2.45, 2.75) is 96.9 Å². The Morgan fingerprint density at radius 3 is 1.76 bits per heavy atom. The van der Waals surface area contributed by atoms with Crippen LogP contribution in [0, 0.1) is 0 Å². The quantitative estimate of drug-likeness (QED) is 0.237. The van der Waals surface area contributed by atoms with Crippen LogP contribution in [0.2, 0.25) is 0 Å². The third-order valence-electron chi connectivity index (χ3n) is 6.01. The predicted molar refractivity (Wildman–Crippen MR) is 113 cm³/mol. The molecule has 0 aliphatic carbocycles. The fourth-order valence-electron chi connectivity index (χ4n) is 3.71. The Balaban J connectivity index is 2.23. The monoisotopic (exact) mass is 346 g/mol. The van der Waals surface area contributed by atoms with Gasteiger partial charge in [-0.2, -0.15) is 0 Å². The van der Waals surface area contributed by atoms with Gasteiger partial charge in [-0.05, 0) is 25.3 Å². The molecular weight excluding hydrogens is 302 g/mol. The summed E-state index contributed by atoms with van der Waals surface area (Å²) in [6, 6.07) is 11.8. The summed E-state index contributed by atoms with van der Waals surface area (Å²) in [6.07, 6.45) is 16.9. The number of hydrogen-bond acceptors (Lipinski definition) is 0. The summed E-state index contributed by atoms with van der Waals surface area (Å²) in [6.45, 7) is 5.84. The highest BCUT2D eigenvalue weighted by Gasteiger charge is 2.26. The Labute approximate surface area is 158 Å². The first-order valence-corrected chi connectivity index (χ1v) is 11.0. The molecule has 0 amide bonds. The van der Waals surface area contributed by atoms with Crippen LogP contribution in [0.15, 0.2) is 30.3 Å². The highest BCUT2D eigenvalue weighted by atomic mass is 15.3. The third-order valence-corrected chi connectivity index (χ3v) is 6.01. The molecule has 1 aromatic rings. The maximum Gasteiger partial charge on any atom is 0.0926 e. The number of quaternary nitrogens is 1. The van der Waals surface area contributed by atoms with Gasteiger partial charge in [-0.1, -0.05) is 95.0 Å². The van der Waals surface area contributed by atoms with Crippen LogP contribution >= 0.6 is 0 Å². The van der Waals surface area contributed by atoms with Crippen molar-refractivity contribution < 1.29 is 4.48 Å². The van der Waals surface area contributed by atoms with Crippen LogP contribution < -0.4 is 0 Å². The molecule has 0 saturated carbocycles. The van der Waals surface area contributed by atoms with Crippen LogP contribution in [0.5, 0.6) is 0 Å². The van der Waals surface area contributed by atoms with Crippen molar-refractivity contribution in [3.63, 3.8) is 0 Å². The number of nitrogens with zero attached hydrogens (tertiary/aromatic N) is 1. The van der Waals surface area contributed by atoms with Crippen molar-refractivity contribution in [2.24, 2.45) is 0 Å². The molecule has 0 fully saturated rings. The molecule has 0 aliphatic rings. The lowest BCUT2D eigenvalue weighted by Crippen LogP contribution is -2.49. The van der Waals surface area contributed by atoms with Crippen LogP contribution in [0.25, 0.3) is 0 Å². The Bertz CT molecular complexity index is 409. The molecule has 1 aromatic carbocycles. The second-order valence-corrected chi connectivity index (χ2v) is 8.41. The minimum atomic E-state index is 0.751. The molecule has 0 bridgehead atoms. The van der Waals surface area contributed by atoms with E-state index >= 15 is 0 Å². The Morgan fingerprint density at radius 2 is 1.24 bits per heavy atom. The molecule has 1 atom stereocenters. The smallest absolute Gasteiger partial charge is 0.0926 e. The van der Waals surface area contributed by atoms with Crippen molar-refractivity contribution in [1.29, 1.82) is 0 Å². The molecule has 1 unspecified atom stereocenters. The maximum atomic E-state index is 2.41. The summed E-state index contributed by atoms with van der Waals surface area (Å²) >= 11 is 0. The van der Waals surface area contributed by atoms with E-state index in [-0.39, 0.29) is 0 Å². The van der Waals surface area contributed by atoms with Gasteiger partial charge in [-0.3, -0.25) is 0 Å². The summed E-state index contributed by atoms with van der Waals surface area (Å²) in [7, 11) is 4.81. The maximum absolute atomic E-state index is 2.41. The standard InChI is InChI=1S/C24H44N/c1-5-7-8-9-10-11-12-13-14-18-21-24(25(3,4)6-2)22-23-19-16-15-17-20-23/h15-17,19-20,24H,5-14,18,21-22H2,1-4H3/q+1. The van der Waals surface area contributed by atoms with Crippen LogP contribution in [-0.4, -0.2) is 31.2 Å². The van der Waals surface area contributed by atoms with Crippen LogP contribution in [-0.2, 0) is 6.42 Å². The molecule has 144 valence electrons. The lowest BCUT2D eigenvalue weighted by atomic mass is 9.97. The summed E-state index contributed by atoms with van der Waals surface area (Å²) in [5.41, 5.74) is 1.50. The minimum absolute atomic E-state index is 0.751. The van der Waals surface area contributed by atoms with Crippen molar-refractivity contribution >= 4 is 0 Å². The van der Waals surface area contributed by atoms with E-state index in [2.05, 4.69) is 58.3 Å². The van der Waals surface area contributed by atoms with E-state index in [0.717, 1.165) is 10.5 Å². The molecule has 25 heavy (non-hydrogen) atoms. The van der Waals surface area contributed by atoms with E-state index in [1.807, 2.05) is 0 Å². The largest absolute Gasteiger partial charge is 0.326 e. The average Bonchev–Trinajstić information content (AvgIpc) is 2.63. The summed E-state index contributed by atoms with van der Waals surface area (Å²) in [5.74, 6) is 0. The van der Waals surface area contributed by atoms with E-state index in [9.17, 15) is 0 Å². The molecule has 0 radical (unpaired) electrons. The number of rotatable bonds is 15. The second kappa shape index (κ2) is 13.4. The Morgan fingerprint density at radius 1 is 0.720 bits per heavy atom. The van der Waals surface area contributed by atoms with Crippen LogP contribution in [0.1, 0.15) is 90.0 Å². The van der Waals surface area contributed by atoms with Crippen molar-refractivity contribution in [3.05, 3.63) is 35.9 Å². The molecule has 0 aromatic heterocycles. The second-order valence-electron chi connectivity index (χ2n) is 8.41. The SMILES string of the molecule is CCCCCCCCCCCCC(Cc1ccccc1)[N+](C)(C)CC. The first-order valence-electron chi connectivity index (χ1n) is 11.0. The van der Waals surface area contributed by atoms with E-state index < -0.39 is 0 Å². The normalized spacial score (nSPS) is 13.1. The van der Waals surface area contributed by atoms with Gasteiger partial charge in [0.2, 0.25) is 0 Å². The van der Waals surface area contributed by atoms with Gasteiger partial charge in [0.1, 0.15) is 0 Å². The van der Waals surface area contributed by atoms with E-state index in [1.54, 1.807) is 0 Å². The van der Waals surface area contributed by atoms with Gasteiger partial charge in [-0.15, -0.1) is 0 Å². The first kappa shape index (κ1) is 22.2. The molecule has 1 rings (SSSR count). The van der Waals surface area contributed by atoms with E-state index in [1.165, 1.54) is 89.2 Å². The molecule has 0 heterocycles. The summed E-state index contributed by atoms with van der Waals surface area (Å²) < 4.78 is 1.15. The molecule has 0 N–H and O–H groups in total. The van der Waals surface area contributed by atoms with Gasteiger partial charge in [0.15, 0.2) is 0 Å². The summed E-state index contributed by atoms with van der Waals surface area (Å²) in [5, 5.41) is 0. The lowest BCUT2D eigenvalue weighted by molar-refractivity contribution is -0.913. The molecular formula is C24H44N+. The van der Waals surface area contributed by atoms with Crippen molar-refractivity contribution in [1.82, 2.24) is 0 Å². The molecule has 0 saturated heterocycles. The first-order chi connectivity index (χ1) is 12.1. The number of hydrogen-bond donors (Lipinski definition) is 0. The van der Waals surface area contributed by atoms with Gasteiger partial charge in [0.05, 0.1) is 26.7 Å². The minimum Gasteiger partial charge on any atom is -0.326 e. The number of likely N-dealkylation sites (N-methyl/N-ethyl adjacent to an activating group) is 1. The summed E-state index contributed by atoms with van der Waals surface area (Å²) in [4.78, 5) is 0. The predicted octanol–water partition coefficient (Wildman–Crippen LogP) is 7.01. The van der Waals surface area contributed by atoms with E-state index in [4.69, 9.17) is 0 Å². The van der Waals surface area contributed by atoms with Crippen LogP contribution in [0.4, 0.5) is 0 Å². The zero-order valence-electron chi connectivity index (χ0n) is 17.6. The zero-order valence-corrected chi connectivity index (χ0v) is 17.6. The number of unbranched alkanes of at least 4 members (excludes halogenated alkanes) is 9. The van der Waals surface area contributed by atoms with E-state index in [0.29, 0.717) is 0 Å². The average molecular weight is 347 g/mol. The Hall–Kier alpha value is -0.820. The highest BCUT2D eigenvalue weighted by Crippen LogP contribution is 2.20. The third kappa shape index (κ3) is 10.0. The lowest BCUT2D eigenvalue weighted by Gasteiger charge is -2.37. The molecule has 0 spiro atoms. The van der Waals surface area contributed by atoms with Gasteiger partial charge in [0, 0.05) is 6.42 Å². The van der Waals surface area contributed by atoms with Gasteiger partial charge >= 0.3 is 0 Å². The molecule has 1 nitrogen and oxygen atoms in total. The molecule has 1 heteroatoms. The highest BCUT2D eigenvalue weighted by molar-refractivity contribution is 5.15. The van der Waals surface area contributed by atoms with Crippen LogP contribution in [0.3, 0.4) is 0 Å². The Kier molecular flexibility index (Phi) is 11.9. The van der Waals surface area contributed by atoms with Gasteiger partial charge in [0.25, 0.3) is 0 Å². The van der Waals surface area contributed by atoms with Gasteiger partial charge in [-0.25, -0.2) is 0 Å². The zero-order chi connectivity index (χ0) is 18.4. The number of benzene rings is 1. The van der Waals surface area contributed by atoms with Crippen molar-refractivity contribution in [3.8, 4) is 0 Å². The van der Waals surface area contributed by atoms with Crippen molar-refractivity contribution in [2.75, 3.05) is 20.6 Å². The topological polar surface area (TPSA) is 0 Å².